The molecule has 192 valence electrons. The number of aromatic nitrogens is 1. The molecule has 0 radical (unpaired) electrons. The Labute approximate surface area is 221 Å². The summed E-state index contributed by atoms with van der Waals surface area (Å²) >= 11 is 0. The number of anilines is 1. The van der Waals surface area contributed by atoms with Crippen molar-refractivity contribution >= 4 is 28.5 Å². The number of fused-ring (bicyclic) bond motifs is 1. The van der Waals surface area contributed by atoms with Crippen LogP contribution in [0.4, 0.5) is 5.69 Å². The monoisotopic (exact) mass is 507 g/mol. The summed E-state index contributed by atoms with van der Waals surface area (Å²) in [5.41, 5.74) is 3.93. The molecule has 0 saturated carbocycles. The molecule has 3 heterocycles. The number of furan rings is 1. The highest BCUT2D eigenvalue weighted by molar-refractivity contribution is 6.04. The number of rotatable bonds is 6. The minimum atomic E-state index is -0.247. The topological polar surface area (TPSA) is 95.7 Å². The highest BCUT2D eigenvalue weighted by Crippen LogP contribution is 2.30. The highest BCUT2D eigenvalue weighted by Gasteiger charge is 2.26. The van der Waals surface area contributed by atoms with Gasteiger partial charge in [-0.25, -0.2) is 0 Å². The second-order valence-electron chi connectivity index (χ2n) is 9.47. The molecule has 38 heavy (non-hydrogen) atoms. The van der Waals surface area contributed by atoms with E-state index in [1.807, 2.05) is 17.0 Å². The maximum atomic E-state index is 13.1. The van der Waals surface area contributed by atoms with Crippen LogP contribution in [0.3, 0.4) is 0 Å². The number of hydrogen-bond donors (Lipinski definition) is 2. The average Bonchev–Trinajstić information content (AvgIpc) is 3.43. The van der Waals surface area contributed by atoms with Crippen molar-refractivity contribution in [3.05, 3.63) is 89.9 Å². The number of nitrogens with one attached hydrogen (secondary N) is 1. The molecular weight excluding hydrogens is 478 g/mol. The molecule has 5 rings (SSSR count). The molecule has 2 aromatic carbocycles. The van der Waals surface area contributed by atoms with E-state index in [9.17, 15) is 14.7 Å². The lowest BCUT2D eigenvalue weighted by atomic mass is 9.89. The molecular formula is C31H29N3O4. The number of amides is 2. The van der Waals surface area contributed by atoms with E-state index in [2.05, 4.69) is 34.3 Å². The van der Waals surface area contributed by atoms with Crippen LogP contribution in [-0.2, 0) is 4.79 Å². The fraction of sp³-hybridized carbons (Fsp3) is 0.258. The second-order valence-corrected chi connectivity index (χ2v) is 9.47. The molecule has 0 aliphatic carbocycles. The van der Waals surface area contributed by atoms with Crippen molar-refractivity contribution in [2.24, 2.45) is 0 Å². The first-order valence-electron chi connectivity index (χ1n) is 12.7. The molecule has 1 saturated heterocycles. The summed E-state index contributed by atoms with van der Waals surface area (Å²) in [4.78, 5) is 32.0. The van der Waals surface area contributed by atoms with E-state index < -0.39 is 0 Å². The molecule has 2 aromatic heterocycles. The number of phenols is 1. The first-order valence-corrected chi connectivity index (χ1v) is 12.7. The van der Waals surface area contributed by atoms with Crippen molar-refractivity contribution in [3.63, 3.8) is 0 Å². The number of nitrogens with zero attached hydrogens (tertiary/aromatic N) is 2. The van der Waals surface area contributed by atoms with Gasteiger partial charge >= 0.3 is 0 Å². The number of carbonyl (C=O) groups is 2. The van der Waals surface area contributed by atoms with E-state index in [-0.39, 0.29) is 29.9 Å². The number of carbonyl (C=O) groups excluding carboxylic acids is 2. The Morgan fingerprint density at radius 1 is 1.08 bits per heavy atom. The van der Waals surface area contributed by atoms with Crippen LogP contribution in [0.15, 0.2) is 77.5 Å². The van der Waals surface area contributed by atoms with Crippen LogP contribution < -0.4 is 5.32 Å². The van der Waals surface area contributed by atoms with Crippen molar-refractivity contribution in [2.75, 3.05) is 18.4 Å². The Bertz CT molecular complexity index is 1490. The van der Waals surface area contributed by atoms with Gasteiger partial charge in [0.15, 0.2) is 0 Å². The standard InChI is InChI=1S/C31H29N3O4/c1-2-3-24(22-6-10-26(35)11-7-22)20-29(36)33-25-8-4-21(5-9-25)23-13-17-34(18-14-23)31(37)30-27-15-19-38-28(27)12-16-32-30/h4-12,15-16,19,23-24,35H,13-14,17-18,20H2,1H3,(H,33,36)/t24-/m0/s1. The normalized spacial score (nSPS) is 14.5. The number of pyridine rings is 1. The quantitative estimate of drug-likeness (QED) is 0.327. The first kappa shape index (κ1) is 25.1. The van der Waals surface area contributed by atoms with E-state index in [4.69, 9.17) is 4.42 Å². The van der Waals surface area contributed by atoms with Gasteiger partial charge in [-0.15, -0.1) is 5.92 Å². The lowest BCUT2D eigenvalue weighted by Crippen LogP contribution is -2.38. The van der Waals surface area contributed by atoms with Gasteiger partial charge in [0, 0.05) is 31.4 Å². The third-order valence-electron chi connectivity index (χ3n) is 7.03. The molecule has 1 aliphatic heterocycles. The van der Waals surface area contributed by atoms with Crippen molar-refractivity contribution in [1.82, 2.24) is 9.88 Å². The van der Waals surface area contributed by atoms with E-state index in [0.717, 1.165) is 29.5 Å². The molecule has 1 atom stereocenters. The molecule has 2 amide bonds. The van der Waals surface area contributed by atoms with Crippen molar-refractivity contribution < 1.29 is 19.1 Å². The van der Waals surface area contributed by atoms with Crippen LogP contribution >= 0.6 is 0 Å². The number of phenolic OH excluding ortho intramolecular Hbond substituents is 1. The number of likely N-dealkylation sites (tertiary alicyclic amines) is 1. The first-order chi connectivity index (χ1) is 18.5. The van der Waals surface area contributed by atoms with Gasteiger partial charge in [-0.05, 0) is 73.2 Å². The summed E-state index contributed by atoms with van der Waals surface area (Å²) in [6, 6.07) is 18.3. The van der Waals surface area contributed by atoms with Gasteiger partial charge in [-0.3, -0.25) is 14.6 Å². The summed E-state index contributed by atoms with van der Waals surface area (Å²) in [5, 5.41) is 13.3. The predicted molar refractivity (Wildman–Crippen MR) is 146 cm³/mol. The van der Waals surface area contributed by atoms with Crippen LogP contribution in [0.25, 0.3) is 11.0 Å². The zero-order valence-corrected chi connectivity index (χ0v) is 21.2. The largest absolute Gasteiger partial charge is 0.508 e. The van der Waals surface area contributed by atoms with Crippen LogP contribution in [0.2, 0.25) is 0 Å². The molecule has 7 nitrogen and oxygen atoms in total. The maximum absolute atomic E-state index is 13.1. The molecule has 2 N–H and O–H groups in total. The Balaban J connectivity index is 1.16. The summed E-state index contributed by atoms with van der Waals surface area (Å²) in [6.07, 6.45) is 5.14. The Morgan fingerprint density at radius 2 is 1.82 bits per heavy atom. The summed E-state index contributed by atoms with van der Waals surface area (Å²) in [6.45, 7) is 3.07. The van der Waals surface area contributed by atoms with Gasteiger partial charge in [0.25, 0.3) is 5.91 Å². The minimum Gasteiger partial charge on any atom is -0.508 e. The number of benzene rings is 2. The smallest absolute Gasteiger partial charge is 0.273 e. The molecule has 4 aromatic rings. The van der Waals surface area contributed by atoms with Crippen LogP contribution in [0.5, 0.6) is 5.75 Å². The van der Waals surface area contributed by atoms with E-state index in [1.165, 1.54) is 5.56 Å². The van der Waals surface area contributed by atoms with Gasteiger partial charge in [0.2, 0.25) is 5.91 Å². The maximum Gasteiger partial charge on any atom is 0.273 e. The fourth-order valence-electron chi connectivity index (χ4n) is 5.00. The Kier molecular flexibility index (Phi) is 7.41. The van der Waals surface area contributed by atoms with E-state index in [0.29, 0.717) is 30.3 Å². The zero-order valence-electron chi connectivity index (χ0n) is 21.2. The SMILES string of the molecule is CC#C[C@@H](CC(=O)Nc1ccc(C2CCN(C(=O)c3nccc4occc34)CC2)cc1)c1ccc(O)cc1. The third-order valence-corrected chi connectivity index (χ3v) is 7.03. The van der Waals surface area contributed by atoms with E-state index >= 15 is 0 Å². The van der Waals surface area contributed by atoms with Gasteiger partial charge in [-0.2, -0.15) is 0 Å². The van der Waals surface area contributed by atoms with Crippen LogP contribution in [0.1, 0.15) is 59.6 Å². The Hall–Kier alpha value is -4.57. The van der Waals surface area contributed by atoms with Crippen LogP contribution in [0, 0.1) is 11.8 Å². The van der Waals surface area contributed by atoms with Gasteiger partial charge in [0.1, 0.15) is 17.0 Å². The summed E-state index contributed by atoms with van der Waals surface area (Å²) in [7, 11) is 0. The lowest BCUT2D eigenvalue weighted by Gasteiger charge is -2.32. The summed E-state index contributed by atoms with van der Waals surface area (Å²) in [5.74, 6) is 6.08. The fourth-order valence-corrected chi connectivity index (χ4v) is 5.00. The average molecular weight is 508 g/mol. The number of piperidine rings is 1. The minimum absolute atomic E-state index is 0.0631. The van der Waals surface area contributed by atoms with Gasteiger partial charge < -0.3 is 19.7 Å². The molecule has 0 spiro atoms. The zero-order chi connectivity index (χ0) is 26.5. The number of hydrogen-bond acceptors (Lipinski definition) is 5. The number of aromatic hydroxyl groups is 1. The van der Waals surface area contributed by atoms with Gasteiger partial charge in [0.05, 0.1) is 17.6 Å². The van der Waals surface area contributed by atoms with Crippen molar-refractivity contribution in [1.29, 1.82) is 0 Å². The predicted octanol–water partition coefficient (Wildman–Crippen LogP) is 5.69. The Morgan fingerprint density at radius 3 is 2.53 bits per heavy atom. The molecule has 0 unspecified atom stereocenters. The molecule has 1 aliphatic rings. The van der Waals surface area contributed by atoms with E-state index in [1.54, 1.807) is 55.8 Å². The summed E-state index contributed by atoms with van der Waals surface area (Å²) < 4.78 is 5.41. The van der Waals surface area contributed by atoms with Gasteiger partial charge in [-0.1, -0.05) is 30.2 Å². The second kappa shape index (κ2) is 11.2. The van der Waals surface area contributed by atoms with Crippen molar-refractivity contribution in [3.8, 4) is 17.6 Å². The third kappa shape index (κ3) is 5.55. The molecule has 1 fully saturated rings. The highest BCUT2D eigenvalue weighted by atomic mass is 16.3. The molecule has 0 bridgehead atoms. The van der Waals surface area contributed by atoms with Crippen molar-refractivity contribution in [2.45, 2.75) is 38.0 Å². The van der Waals surface area contributed by atoms with Crippen LogP contribution in [-0.4, -0.2) is 39.9 Å². The molecule has 7 heteroatoms. The lowest BCUT2D eigenvalue weighted by molar-refractivity contribution is -0.116.